The maximum absolute atomic E-state index is 13.1. The molecule has 0 aromatic heterocycles. The molecule has 1 aromatic carbocycles. The summed E-state index contributed by atoms with van der Waals surface area (Å²) in [6.07, 6.45) is 4.62. The summed E-state index contributed by atoms with van der Waals surface area (Å²) in [5.74, 6) is 1.38. The van der Waals surface area contributed by atoms with E-state index in [1.165, 1.54) is 12.8 Å². The van der Waals surface area contributed by atoms with Crippen molar-refractivity contribution in [1.82, 2.24) is 9.80 Å². The number of amides is 1. The first-order valence-electron chi connectivity index (χ1n) is 8.15. The number of likely N-dealkylation sites (tertiary alicyclic amines) is 2. The molecule has 3 heterocycles. The number of ether oxygens (including phenoxy) is 2. The molecule has 5 nitrogen and oxygen atoms in total. The minimum absolute atomic E-state index is 0.0881. The fourth-order valence-electron chi connectivity index (χ4n) is 4.12. The predicted molar refractivity (Wildman–Crippen MR) is 82.3 cm³/mol. The molecule has 0 unspecified atom stereocenters. The summed E-state index contributed by atoms with van der Waals surface area (Å²) in [5.41, 5.74) is 0.641. The maximum Gasteiger partial charge on any atom is 0.258 e. The van der Waals surface area contributed by atoms with Gasteiger partial charge in [0.25, 0.3) is 5.91 Å². The monoisotopic (exact) mass is 302 g/mol. The topological polar surface area (TPSA) is 42.0 Å². The number of para-hydroxylation sites is 1. The molecule has 0 aliphatic carbocycles. The van der Waals surface area contributed by atoms with Gasteiger partial charge in [-0.3, -0.25) is 4.79 Å². The molecule has 0 N–H and O–H groups in total. The van der Waals surface area contributed by atoms with Gasteiger partial charge in [-0.2, -0.15) is 0 Å². The summed E-state index contributed by atoms with van der Waals surface area (Å²) < 4.78 is 10.9. The van der Waals surface area contributed by atoms with Crippen LogP contribution >= 0.6 is 0 Å². The first-order chi connectivity index (χ1) is 10.8. The lowest BCUT2D eigenvalue weighted by atomic mass is 10.0. The average molecular weight is 302 g/mol. The zero-order valence-corrected chi connectivity index (χ0v) is 13.0. The molecular formula is C17H22N2O3. The van der Waals surface area contributed by atoms with Crippen LogP contribution in [0.25, 0.3) is 0 Å². The van der Waals surface area contributed by atoms with E-state index >= 15 is 0 Å². The summed E-state index contributed by atoms with van der Waals surface area (Å²) >= 11 is 0. The first-order valence-corrected chi connectivity index (χ1v) is 8.15. The Hall–Kier alpha value is -1.75. The number of hydrogen-bond donors (Lipinski definition) is 0. The van der Waals surface area contributed by atoms with Crippen LogP contribution in [-0.2, 0) is 0 Å². The van der Waals surface area contributed by atoms with E-state index in [-0.39, 0.29) is 12.7 Å². The molecule has 0 radical (unpaired) electrons. The van der Waals surface area contributed by atoms with Gasteiger partial charge in [-0.05, 0) is 51.4 Å². The third kappa shape index (κ3) is 2.15. The Kier molecular flexibility index (Phi) is 3.45. The van der Waals surface area contributed by atoms with E-state index in [0.29, 0.717) is 29.1 Å². The highest BCUT2D eigenvalue weighted by Gasteiger charge is 2.39. The van der Waals surface area contributed by atoms with E-state index in [4.69, 9.17) is 9.47 Å². The quantitative estimate of drug-likeness (QED) is 0.839. The van der Waals surface area contributed by atoms with Crippen LogP contribution in [0.15, 0.2) is 18.2 Å². The Balaban J connectivity index is 1.61. The second-order valence-electron chi connectivity index (χ2n) is 6.44. The van der Waals surface area contributed by atoms with E-state index in [1.54, 1.807) is 0 Å². The van der Waals surface area contributed by atoms with Gasteiger partial charge in [0.2, 0.25) is 6.79 Å². The van der Waals surface area contributed by atoms with Crippen LogP contribution in [0, 0.1) is 0 Å². The lowest BCUT2D eigenvalue weighted by Gasteiger charge is -2.33. The largest absolute Gasteiger partial charge is 0.454 e. The standard InChI is InChI=1S/C17H22N2O3/c1-18-9-3-6-13(18)14-7-4-10-19(14)17(20)12-5-2-8-15-16(12)22-11-21-15/h2,5,8,13-14H,3-4,6-7,9-11H2,1H3/t13-,14+/m0/s1. The van der Waals surface area contributed by atoms with Crippen LogP contribution in [0.4, 0.5) is 0 Å². The van der Waals surface area contributed by atoms with E-state index < -0.39 is 0 Å². The van der Waals surface area contributed by atoms with Crippen molar-refractivity contribution in [2.24, 2.45) is 0 Å². The summed E-state index contributed by atoms with van der Waals surface area (Å²) in [6.45, 7) is 2.19. The van der Waals surface area contributed by atoms with Crippen LogP contribution in [-0.4, -0.2) is 54.7 Å². The number of benzene rings is 1. The van der Waals surface area contributed by atoms with E-state index in [1.807, 2.05) is 18.2 Å². The van der Waals surface area contributed by atoms with Gasteiger partial charge in [0.1, 0.15) is 0 Å². The molecule has 1 amide bonds. The number of carbonyl (C=O) groups excluding carboxylic acids is 1. The molecule has 118 valence electrons. The number of fused-ring (bicyclic) bond motifs is 1. The number of hydrogen-bond acceptors (Lipinski definition) is 4. The van der Waals surface area contributed by atoms with Crippen LogP contribution in [0.1, 0.15) is 36.0 Å². The smallest absolute Gasteiger partial charge is 0.258 e. The summed E-state index contributed by atoms with van der Waals surface area (Å²) in [4.78, 5) is 17.5. The SMILES string of the molecule is CN1CCC[C@H]1[C@H]1CCCN1C(=O)c1cccc2c1OCO2. The Morgan fingerprint density at radius 1 is 1.14 bits per heavy atom. The molecule has 2 saturated heterocycles. The van der Waals surface area contributed by atoms with Gasteiger partial charge >= 0.3 is 0 Å². The molecular weight excluding hydrogens is 280 g/mol. The van der Waals surface area contributed by atoms with Crippen molar-refractivity contribution in [3.63, 3.8) is 0 Å². The Bertz CT molecular complexity index is 589. The fourth-order valence-corrected chi connectivity index (χ4v) is 4.12. The Morgan fingerprint density at radius 3 is 2.77 bits per heavy atom. The van der Waals surface area contributed by atoms with Gasteiger partial charge in [-0.1, -0.05) is 6.07 Å². The Labute approximate surface area is 130 Å². The molecule has 22 heavy (non-hydrogen) atoms. The second kappa shape index (κ2) is 5.47. The van der Waals surface area contributed by atoms with Crippen LogP contribution in [0.3, 0.4) is 0 Å². The van der Waals surface area contributed by atoms with Gasteiger partial charge in [0.15, 0.2) is 11.5 Å². The van der Waals surface area contributed by atoms with Crippen molar-refractivity contribution in [2.75, 3.05) is 26.9 Å². The van der Waals surface area contributed by atoms with E-state index in [2.05, 4.69) is 16.8 Å². The van der Waals surface area contributed by atoms with E-state index in [0.717, 1.165) is 25.9 Å². The third-order valence-electron chi connectivity index (χ3n) is 5.21. The molecule has 0 saturated carbocycles. The van der Waals surface area contributed by atoms with Gasteiger partial charge in [0.05, 0.1) is 5.56 Å². The lowest BCUT2D eigenvalue weighted by Crippen LogP contribution is -2.47. The molecule has 3 aliphatic heterocycles. The highest BCUT2D eigenvalue weighted by molar-refractivity contribution is 5.98. The first kappa shape index (κ1) is 13.9. The minimum atomic E-state index is 0.0881. The zero-order chi connectivity index (χ0) is 15.1. The summed E-state index contributed by atoms with van der Waals surface area (Å²) in [6, 6.07) is 6.40. The normalized spacial score (nSPS) is 27.6. The van der Waals surface area contributed by atoms with Crippen molar-refractivity contribution in [3.8, 4) is 11.5 Å². The third-order valence-corrected chi connectivity index (χ3v) is 5.21. The highest BCUT2D eigenvalue weighted by atomic mass is 16.7. The number of nitrogens with zero attached hydrogens (tertiary/aromatic N) is 2. The lowest BCUT2D eigenvalue weighted by molar-refractivity contribution is 0.0660. The maximum atomic E-state index is 13.1. The molecule has 4 rings (SSSR count). The van der Waals surface area contributed by atoms with Crippen molar-refractivity contribution in [3.05, 3.63) is 23.8 Å². The van der Waals surface area contributed by atoms with Gasteiger partial charge < -0.3 is 19.3 Å². The van der Waals surface area contributed by atoms with Crippen molar-refractivity contribution in [1.29, 1.82) is 0 Å². The summed E-state index contributed by atoms with van der Waals surface area (Å²) in [5, 5.41) is 0. The van der Waals surface area contributed by atoms with Crippen molar-refractivity contribution < 1.29 is 14.3 Å². The molecule has 0 spiro atoms. The van der Waals surface area contributed by atoms with Gasteiger partial charge in [0, 0.05) is 18.6 Å². The number of carbonyl (C=O) groups is 1. The Morgan fingerprint density at radius 2 is 1.95 bits per heavy atom. The number of rotatable bonds is 2. The molecule has 2 fully saturated rings. The summed E-state index contributed by atoms with van der Waals surface area (Å²) in [7, 11) is 2.18. The zero-order valence-electron chi connectivity index (χ0n) is 13.0. The molecule has 2 atom stereocenters. The van der Waals surface area contributed by atoms with Crippen molar-refractivity contribution in [2.45, 2.75) is 37.8 Å². The molecule has 5 heteroatoms. The number of likely N-dealkylation sites (N-methyl/N-ethyl adjacent to an activating group) is 1. The molecule has 1 aromatic rings. The molecule has 0 bridgehead atoms. The van der Waals surface area contributed by atoms with E-state index in [9.17, 15) is 4.79 Å². The van der Waals surface area contributed by atoms with Gasteiger partial charge in [-0.15, -0.1) is 0 Å². The molecule has 3 aliphatic rings. The average Bonchev–Trinajstić information content (AvgIpc) is 3.25. The van der Waals surface area contributed by atoms with Gasteiger partial charge in [-0.25, -0.2) is 0 Å². The second-order valence-corrected chi connectivity index (χ2v) is 6.44. The fraction of sp³-hybridized carbons (Fsp3) is 0.588. The minimum Gasteiger partial charge on any atom is -0.454 e. The van der Waals surface area contributed by atoms with Crippen molar-refractivity contribution >= 4 is 5.91 Å². The predicted octanol–water partition coefficient (Wildman–Crippen LogP) is 2.11. The van der Waals surface area contributed by atoms with Crippen LogP contribution < -0.4 is 9.47 Å². The highest BCUT2D eigenvalue weighted by Crippen LogP contribution is 2.38. The van der Waals surface area contributed by atoms with Crippen LogP contribution in [0.2, 0.25) is 0 Å². The van der Waals surface area contributed by atoms with Crippen LogP contribution in [0.5, 0.6) is 11.5 Å².